The molecule has 0 aliphatic rings. The third-order valence-corrected chi connectivity index (χ3v) is 5.64. The second-order valence-electron chi connectivity index (χ2n) is 6.77. The first-order chi connectivity index (χ1) is 14.1. The minimum Gasteiger partial charge on any atom is -0.487 e. The van der Waals surface area contributed by atoms with Gasteiger partial charge in [-0.2, -0.15) is 0 Å². The van der Waals surface area contributed by atoms with E-state index in [1.54, 1.807) is 6.07 Å². The second-order valence-corrected chi connectivity index (χ2v) is 7.56. The molecule has 1 N–H and O–H groups in total. The lowest BCUT2D eigenvalue weighted by molar-refractivity contribution is 0.282. The maximum Gasteiger partial charge on any atom is 0.146 e. The third-order valence-electron chi connectivity index (χ3n) is 4.86. The first-order valence-electron chi connectivity index (χ1n) is 9.23. The predicted octanol–water partition coefficient (Wildman–Crippen LogP) is 6.59. The van der Waals surface area contributed by atoms with Crippen LogP contribution in [0.15, 0.2) is 66.7 Å². The molecule has 146 valence electrons. The second kappa shape index (κ2) is 8.42. The van der Waals surface area contributed by atoms with Gasteiger partial charge >= 0.3 is 0 Å². The number of hydrogen-bond acceptors (Lipinski definition) is 3. The van der Waals surface area contributed by atoms with Crippen molar-refractivity contribution < 1.29 is 9.84 Å². The number of fused-ring (bicyclic) bond motifs is 1. The highest BCUT2D eigenvalue weighted by molar-refractivity contribution is 6.37. The fourth-order valence-corrected chi connectivity index (χ4v) is 3.92. The molecule has 0 atom stereocenters. The fourth-order valence-electron chi connectivity index (χ4n) is 3.34. The van der Waals surface area contributed by atoms with Crippen LogP contribution in [-0.4, -0.2) is 10.1 Å². The van der Waals surface area contributed by atoms with Crippen molar-refractivity contribution in [3.05, 3.63) is 93.6 Å². The molecule has 0 radical (unpaired) electrons. The Hall–Kier alpha value is -2.59. The van der Waals surface area contributed by atoms with Gasteiger partial charge in [-0.25, -0.2) is 4.98 Å². The summed E-state index contributed by atoms with van der Waals surface area (Å²) in [6.45, 7) is 2.09. The van der Waals surface area contributed by atoms with Crippen LogP contribution in [0.4, 0.5) is 0 Å². The zero-order valence-electron chi connectivity index (χ0n) is 15.8. The molecule has 29 heavy (non-hydrogen) atoms. The SMILES string of the molecule is Cc1ccc2cccc(OCc3c(Cl)ccc(-c4ccccc4CO)c3Cl)c2n1. The summed E-state index contributed by atoms with van der Waals surface area (Å²) in [5, 5.41) is 11.7. The zero-order valence-corrected chi connectivity index (χ0v) is 17.3. The molecule has 1 heterocycles. The molecule has 0 spiro atoms. The summed E-state index contributed by atoms with van der Waals surface area (Å²) in [4.78, 5) is 4.60. The molecule has 0 saturated carbocycles. The molecular weight excluding hydrogens is 405 g/mol. The Labute approximate surface area is 179 Å². The van der Waals surface area contributed by atoms with Crippen LogP contribution in [0.25, 0.3) is 22.0 Å². The molecule has 4 rings (SSSR count). The quantitative estimate of drug-likeness (QED) is 0.393. The van der Waals surface area contributed by atoms with Gasteiger partial charge < -0.3 is 9.84 Å². The molecule has 0 bridgehead atoms. The average Bonchev–Trinajstić information content (AvgIpc) is 2.74. The third kappa shape index (κ3) is 3.95. The summed E-state index contributed by atoms with van der Waals surface area (Å²) in [6, 6.07) is 21.1. The van der Waals surface area contributed by atoms with Crippen molar-refractivity contribution in [3.63, 3.8) is 0 Å². The molecular formula is C24H19Cl2NO2. The molecule has 3 aromatic carbocycles. The van der Waals surface area contributed by atoms with Gasteiger partial charge in [0.1, 0.15) is 17.9 Å². The number of hydrogen-bond donors (Lipinski definition) is 1. The van der Waals surface area contributed by atoms with Crippen molar-refractivity contribution in [2.45, 2.75) is 20.1 Å². The maximum absolute atomic E-state index is 9.67. The van der Waals surface area contributed by atoms with Crippen LogP contribution in [-0.2, 0) is 13.2 Å². The van der Waals surface area contributed by atoms with Gasteiger partial charge in [-0.05, 0) is 36.2 Å². The molecule has 5 heteroatoms. The van der Waals surface area contributed by atoms with Crippen molar-refractivity contribution in [3.8, 4) is 16.9 Å². The van der Waals surface area contributed by atoms with E-state index in [2.05, 4.69) is 4.98 Å². The smallest absolute Gasteiger partial charge is 0.146 e. The summed E-state index contributed by atoms with van der Waals surface area (Å²) in [7, 11) is 0. The van der Waals surface area contributed by atoms with Crippen LogP contribution in [0.2, 0.25) is 10.0 Å². The van der Waals surface area contributed by atoms with Crippen molar-refractivity contribution in [2.24, 2.45) is 0 Å². The van der Waals surface area contributed by atoms with E-state index >= 15 is 0 Å². The van der Waals surface area contributed by atoms with Crippen LogP contribution >= 0.6 is 23.2 Å². The molecule has 0 fully saturated rings. The topological polar surface area (TPSA) is 42.4 Å². The van der Waals surface area contributed by atoms with E-state index in [-0.39, 0.29) is 13.2 Å². The Balaban J connectivity index is 1.71. The number of para-hydroxylation sites is 1. The number of aromatic nitrogens is 1. The molecule has 0 unspecified atom stereocenters. The summed E-state index contributed by atoms with van der Waals surface area (Å²) >= 11 is 13.2. The highest BCUT2D eigenvalue weighted by Gasteiger charge is 2.15. The van der Waals surface area contributed by atoms with E-state index in [1.165, 1.54) is 0 Å². The molecule has 1 aromatic heterocycles. The van der Waals surface area contributed by atoms with Crippen molar-refractivity contribution >= 4 is 34.1 Å². The van der Waals surface area contributed by atoms with Gasteiger partial charge in [0.05, 0.1) is 11.6 Å². The monoisotopic (exact) mass is 423 g/mol. The zero-order chi connectivity index (χ0) is 20.4. The van der Waals surface area contributed by atoms with Gasteiger partial charge in [-0.1, -0.05) is 71.7 Å². The van der Waals surface area contributed by atoms with Gasteiger partial charge in [0.25, 0.3) is 0 Å². The number of pyridine rings is 1. The first kappa shape index (κ1) is 19.7. The molecule has 0 aliphatic heterocycles. The summed E-state index contributed by atoms with van der Waals surface area (Å²) in [5.74, 6) is 0.680. The van der Waals surface area contributed by atoms with Crippen molar-refractivity contribution in [1.29, 1.82) is 0 Å². The number of aliphatic hydroxyl groups excluding tert-OH is 1. The Morgan fingerprint density at radius 3 is 2.55 bits per heavy atom. The molecule has 0 aliphatic carbocycles. The van der Waals surface area contributed by atoms with E-state index in [0.717, 1.165) is 33.3 Å². The highest BCUT2D eigenvalue weighted by Crippen LogP contribution is 2.37. The van der Waals surface area contributed by atoms with E-state index < -0.39 is 0 Å². The van der Waals surface area contributed by atoms with Gasteiger partial charge in [0.15, 0.2) is 0 Å². The molecule has 3 nitrogen and oxygen atoms in total. The molecule has 0 amide bonds. The Bertz CT molecular complexity index is 1190. The molecule has 0 saturated heterocycles. The van der Waals surface area contributed by atoms with Gasteiger partial charge in [0.2, 0.25) is 0 Å². The summed E-state index contributed by atoms with van der Waals surface area (Å²) in [5.41, 5.74) is 4.92. The lowest BCUT2D eigenvalue weighted by Crippen LogP contribution is -2.00. The molecule has 4 aromatic rings. The van der Waals surface area contributed by atoms with Crippen LogP contribution in [0, 0.1) is 6.92 Å². The lowest BCUT2D eigenvalue weighted by Gasteiger charge is -2.15. The van der Waals surface area contributed by atoms with E-state index in [1.807, 2.05) is 67.6 Å². The number of benzene rings is 3. The maximum atomic E-state index is 9.67. The van der Waals surface area contributed by atoms with Crippen LogP contribution < -0.4 is 4.74 Å². The summed E-state index contributed by atoms with van der Waals surface area (Å²) in [6.07, 6.45) is 0. The average molecular weight is 424 g/mol. The Kier molecular flexibility index (Phi) is 5.72. The number of nitrogens with zero attached hydrogens (tertiary/aromatic N) is 1. The number of aryl methyl sites for hydroxylation is 1. The van der Waals surface area contributed by atoms with Gasteiger partial charge in [-0.15, -0.1) is 0 Å². The number of aliphatic hydroxyl groups is 1. The van der Waals surface area contributed by atoms with E-state index in [9.17, 15) is 5.11 Å². The summed E-state index contributed by atoms with van der Waals surface area (Å²) < 4.78 is 6.09. The number of halogens is 2. The number of rotatable bonds is 5. The van der Waals surface area contributed by atoms with Gasteiger partial charge in [0, 0.05) is 27.2 Å². The van der Waals surface area contributed by atoms with E-state index in [4.69, 9.17) is 27.9 Å². The fraction of sp³-hybridized carbons (Fsp3) is 0.125. The standard InChI is InChI=1S/C24H19Cl2NO2/c1-15-9-10-16-6-4-8-22(24(16)27-15)29-14-20-21(25)12-11-19(23(20)26)18-7-3-2-5-17(18)13-28/h2-12,28H,13-14H2,1H3. The largest absolute Gasteiger partial charge is 0.487 e. The van der Waals surface area contributed by atoms with E-state index in [0.29, 0.717) is 21.4 Å². The lowest BCUT2D eigenvalue weighted by atomic mass is 9.98. The van der Waals surface area contributed by atoms with Crippen LogP contribution in [0.1, 0.15) is 16.8 Å². The highest BCUT2D eigenvalue weighted by atomic mass is 35.5. The minimum absolute atomic E-state index is 0.0675. The normalized spacial score (nSPS) is 11.0. The number of ether oxygens (including phenoxy) is 1. The van der Waals surface area contributed by atoms with Crippen molar-refractivity contribution in [1.82, 2.24) is 4.98 Å². The van der Waals surface area contributed by atoms with Crippen LogP contribution in [0.3, 0.4) is 0 Å². The first-order valence-corrected chi connectivity index (χ1v) is 9.99. The predicted molar refractivity (Wildman–Crippen MR) is 119 cm³/mol. The Morgan fingerprint density at radius 1 is 0.897 bits per heavy atom. The minimum atomic E-state index is -0.0675. The Morgan fingerprint density at radius 2 is 1.72 bits per heavy atom. The van der Waals surface area contributed by atoms with Gasteiger partial charge in [-0.3, -0.25) is 0 Å². The van der Waals surface area contributed by atoms with Crippen molar-refractivity contribution in [2.75, 3.05) is 0 Å². The van der Waals surface area contributed by atoms with Crippen LogP contribution in [0.5, 0.6) is 5.75 Å².